The van der Waals surface area contributed by atoms with Crippen LogP contribution < -0.4 is 16.1 Å². The summed E-state index contributed by atoms with van der Waals surface area (Å²) < 4.78 is 45.5. The SMILES string of the molecule is NC1([C@@H]2CCN(c3c(F)c(O)c4c(=O)c(C(=O)O)cn([C@@H]5C[C@@H]5F)c4c3F)C2)CC1. The summed E-state index contributed by atoms with van der Waals surface area (Å²) in [5.41, 5.74) is 2.90. The van der Waals surface area contributed by atoms with Crippen LogP contribution in [-0.2, 0) is 0 Å². The molecule has 0 spiro atoms. The van der Waals surface area contributed by atoms with Crippen molar-refractivity contribution in [3.63, 3.8) is 0 Å². The molecule has 30 heavy (non-hydrogen) atoms. The maximum atomic E-state index is 15.6. The maximum absolute atomic E-state index is 15.6. The highest BCUT2D eigenvalue weighted by Gasteiger charge is 2.49. The molecular formula is C20H20F3N3O4. The first kappa shape index (κ1) is 19.2. The second-order valence-corrected chi connectivity index (χ2v) is 8.62. The lowest BCUT2D eigenvalue weighted by atomic mass is 9.97. The molecule has 3 aliphatic rings. The fraction of sp³-hybridized carbons (Fsp3) is 0.500. The van der Waals surface area contributed by atoms with E-state index in [1.165, 1.54) is 4.90 Å². The van der Waals surface area contributed by atoms with Crippen LogP contribution in [0.15, 0.2) is 11.0 Å². The van der Waals surface area contributed by atoms with Gasteiger partial charge in [-0.3, -0.25) is 4.79 Å². The number of phenolic OH excluding ortho intramolecular Hbond substituents is 1. The molecule has 0 radical (unpaired) electrons. The van der Waals surface area contributed by atoms with Gasteiger partial charge in [-0.15, -0.1) is 0 Å². The quantitative estimate of drug-likeness (QED) is 0.696. The van der Waals surface area contributed by atoms with Crippen molar-refractivity contribution in [2.45, 2.75) is 43.4 Å². The largest absolute Gasteiger partial charge is 0.504 e. The third-order valence-electron chi connectivity index (χ3n) is 6.72. The number of rotatable bonds is 4. The number of carbonyl (C=O) groups is 1. The standard InChI is InChI=1S/C20H20F3N3O4/c21-10-5-11(10)26-7-9(19(29)30)17(27)12-15(26)13(22)16(14(23)18(12)28)25-4-1-8(6-25)20(24)2-3-20/h7-8,10-11,28H,1-6,24H2,(H,29,30)/t8-,10+,11-/m1/s1. The number of aromatic nitrogens is 1. The summed E-state index contributed by atoms with van der Waals surface area (Å²) in [6, 6.07) is -0.886. The molecule has 7 nitrogen and oxygen atoms in total. The van der Waals surface area contributed by atoms with Crippen LogP contribution in [0.4, 0.5) is 18.9 Å². The molecule has 0 unspecified atom stereocenters. The van der Waals surface area contributed by atoms with Crippen molar-refractivity contribution in [1.29, 1.82) is 0 Å². The van der Waals surface area contributed by atoms with Crippen LogP contribution in [0.3, 0.4) is 0 Å². The number of anilines is 1. The number of pyridine rings is 1. The molecule has 1 aliphatic heterocycles. The van der Waals surface area contributed by atoms with Gasteiger partial charge in [0, 0.05) is 31.2 Å². The molecule has 1 aromatic heterocycles. The monoisotopic (exact) mass is 423 g/mol. The Morgan fingerprint density at radius 3 is 2.50 bits per heavy atom. The van der Waals surface area contributed by atoms with E-state index < -0.39 is 63.1 Å². The number of carboxylic acids is 1. The number of carboxylic acid groups (broad SMARTS) is 1. The Morgan fingerprint density at radius 1 is 1.27 bits per heavy atom. The van der Waals surface area contributed by atoms with Crippen molar-refractivity contribution in [2.75, 3.05) is 18.0 Å². The second kappa shape index (κ2) is 6.13. The van der Waals surface area contributed by atoms with E-state index in [4.69, 9.17) is 5.73 Å². The summed E-state index contributed by atoms with van der Waals surface area (Å²) in [7, 11) is 0. The summed E-state index contributed by atoms with van der Waals surface area (Å²) in [6.07, 6.45) is 1.84. The number of aromatic carboxylic acids is 1. The molecule has 2 heterocycles. The first-order chi connectivity index (χ1) is 14.1. The Labute approximate surface area is 168 Å². The molecule has 1 saturated heterocycles. The molecule has 10 heteroatoms. The molecule has 0 bridgehead atoms. The van der Waals surface area contributed by atoms with Crippen LogP contribution in [0.1, 0.15) is 42.1 Å². The van der Waals surface area contributed by atoms with E-state index in [0.29, 0.717) is 19.5 Å². The van der Waals surface area contributed by atoms with Gasteiger partial charge in [0.1, 0.15) is 17.4 Å². The Balaban J connectivity index is 1.73. The lowest BCUT2D eigenvalue weighted by molar-refractivity contribution is 0.0694. The van der Waals surface area contributed by atoms with Crippen LogP contribution >= 0.6 is 0 Å². The number of nitrogens with zero attached hydrogens (tertiary/aromatic N) is 2. The van der Waals surface area contributed by atoms with Crippen LogP contribution in [0, 0.1) is 17.6 Å². The molecule has 160 valence electrons. The average molecular weight is 423 g/mol. The number of nitrogens with two attached hydrogens (primary N) is 1. The highest BCUT2D eigenvalue weighted by Crippen LogP contribution is 2.47. The predicted molar refractivity (Wildman–Crippen MR) is 102 cm³/mol. The van der Waals surface area contributed by atoms with E-state index in [1.54, 1.807) is 0 Å². The number of phenols is 1. The number of hydrogen-bond donors (Lipinski definition) is 3. The van der Waals surface area contributed by atoms with Gasteiger partial charge in [0.15, 0.2) is 17.4 Å². The molecule has 3 atom stereocenters. The first-order valence-electron chi connectivity index (χ1n) is 9.84. The first-order valence-corrected chi connectivity index (χ1v) is 9.84. The maximum Gasteiger partial charge on any atom is 0.341 e. The number of alkyl halides is 1. The van der Waals surface area contributed by atoms with Crippen molar-refractivity contribution < 1.29 is 28.2 Å². The summed E-state index contributed by atoms with van der Waals surface area (Å²) in [6.45, 7) is 0.608. The van der Waals surface area contributed by atoms with Gasteiger partial charge in [-0.25, -0.2) is 18.0 Å². The number of fused-ring (bicyclic) bond motifs is 1. The molecule has 1 aromatic carbocycles. The zero-order chi connectivity index (χ0) is 21.5. The van der Waals surface area contributed by atoms with Gasteiger partial charge in [-0.05, 0) is 25.2 Å². The van der Waals surface area contributed by atoms with Crippen molar-refractivity contribution >= 4 is 22.6 Å². The Kier molecular flexibility index (Phi) is 3.93. The van der Waals surface area contributed by atoms with E-state index in [0.717, 1.165) is 23.6 Å². The molecule has 2 aliphatic carbocycles. The van der Waals surface area contributed by atoms with Gasteiger partial charge < -0.3 is 25.4 Å². The molecule has 3 fully saturated rings. The average Bonchev–Trinajstić information content (AvgIpc) is 3.55. The van der Waals surface area contributed by atoms with Crippen LogP contribution in [-0.4, -0.2) is 45.5 Å². The molecular weight excluding hydrogens is 403 g/mol. The molecule has 2 saturated carbocycles. The number of hydrogen-bond acceptors (Lipinski definition) is 5. The fourth-order valence-electron chi connectivity index (χ4n) is 4.62. The van der Waals surface area contributed by atoms with E-state index in [9.17, 15) is 24.2 Å². The topological polar surface area (TPSA) is 109 Å². The normalized spacial score (nSPS) is 26.9. The van der Waals surface area contributed by atoms with Gasteiger partial charge in [-0.1, -0.05) is 0 Å². The van der Waals surface area contributed by atoms with Crippen molar-refractivity contribution in [2.24, 2.45) is 11.7 Å². The Hall–Kier alpha value is -2.75. The van der Waals surface area contributed by atoms with E-state index >= 15 is 8.78 Å². The van der Waals surface area contributed by atoms with Crippen molar-refractivity contribution in [3.8, 4) is 5.75 Å². The molecule has 5 rings (SSSR count). The summed E-state index contributed by atoms with van der Waals surface area (Å²) in [4.78, 5) is 25.5. The minimum absolute atomic E-state index is 0.00538. The summed E-state index contributed by atoms with van der Waals surface area (Å²) >= 11 is 0. The Bertz CT molecular complexity index is 1160. The van der Waals surface area contributed by atoms with Crippen LogP contribution in [0.5, 0.6) is 5.75 Å². The number of aromatic hydroxyl groups is 1. The van der Waals surface area contributed by atoms with Gasteiger partial charge in [0.05, 0.1) is 16.9 Å². The lowest BCUT2D eigenvalue weighted by Gasteiger charge is -2.24. The summed E-state index contributed by atoms with van der Waals surface area (Å²) in [5.74, 6) is -5.16. The van der Waals surface area contributed by atoms with Crippen LogP contribution in [0.2, 0.25) is 0 Å². The molecule has 4 N–H and O–H groups in total. The van der Waals surface area contributed by atoms with Crippen molar-refractivity contribution in [1.82, 2.24) is 4.57 Å². The van der Waals surface area contributed by atoms with Gasteiger partial charge in [0.2, 0.25) is 5.43 Å². The second-order valence-electron chi connectivity index (χ2n) is 8.62. The third-order valence-corrected chi connectivity index (χ3v) is 6.72. The lowest BCUT2D eigenvalue weighted by Crippen LogP contribution is -2.35. The minimum Gasteiger partial charge on any atom is -0.504 e. The Morgan fingerprint density at radius 2 is 1.93 bits per heavy atom. The highest BCUT2D eigenvalue weighted by molar-refractivity contribution is 5.97. The summed E-state index contributed by atoms with van der Waals surface area (Å²) in [5, 5.41) is 18.9. The van der Waals surface area contributed by atoms with Crippen molar-refractivity contribution in [3.05, 3.63) is 33.6 Å². The zero-order valence-electron chi connectivity index (χ0n) is 15.9. The van der Waals surface area contributed by atoms with Gasteiger partial charge in [0.25, 0.3) is 0 Å². The van der Waals surface area contributed by atoms with Gasteiger partial charge >= 0.3 is 5.97 Å². The highest BCUT2D eigenvalue weighted by atomic mass is 19.1. The fourth-order valence-corrected chi connectivity index (χ4v) is 4.62. The van der Waals surface area contributed by atoms with E-state index in [2.05, 4.69) is 0 Å². The molecule has 0 amide bonds. The number of halogens is 3. The van der Waals surface area contributed by atoms with Crippen LogP contribution in [0.25, 0.3) is 10.9 Å². The molecule has 2 aromatic rings. The van der Waals surface area contributed by atoms with E-state index in [-0.39, 0.29) is 17.9 Å². The minimum atomic E-state index is -1.63. The third kappa shape index (κ3) is 2.62. The number of benzene rings is 1. The zero-order valence-corrected chi connectivity index (χ0v) is 15.9. The van der Waals surface area contributed by atoms with Gasteiger partial charge in [-0.2, -0.15) is 0 Å². The predicted octanol–water partition coefficient (Wildman–Crippen LogP) is 2.28. The van der Waals surface area contributed by atoms with E-state index in [1.807, 2.05) is 0 Å². The smallest absolute Gasteiger partial charge is 0.341 e.